The molecule has 4 rings (SSSR count). The van der Waals surface area contributed by atoms with Gasteiger partial charge in [0.25, 0.3) is 0 Å². The zero-order valence-corrected chi connectivity index (χ0v) is 14.8. The minimum atomic E-state index is -0.347. The van der Waals surface area contributed by atoms with Gasteiger partial charge in [0.2, 0.25) is 0 Å². The Morgan fingerprint density at radius 3 is 2.69 bits per heavy atom. The van der Waals surface area contributed by atoms with Gasteiger partial charge in [-0.05, 0) is 43.7 Å². The van der Waals surface area contributed by atoms with Crippen molar-refractivity contribution < 1.29 is 14.3 Å². The van der Waals surface area contributed by atoms with E-state index in [-0.39, 0.29) is 18.5 Å². The molecule has 0 fully saturated rings. The Morgan fingerprint density at radius 1 is 1.19 bits per heavy atom. The maximum Gasteiger partial charge on any atom is 0.317 e. The number of esters is 1. The second kappa shape index (κ2) is 6.67. The molecule has 0 radical (unpaired) electrons. The molecule has 0 saturated heterocycles. The minimum Gasteiger partial charge on any atom is -0.492 e. The van der Waals surface area contributed by atoms with Gasteiger partial charge in [-0.1, -0.05) is 30.3 Å². The SMILES string of the molecule is Cc1cc(C)n(-c2ccc(COC(=O)C3COc4ccccc43)cc2)n1. The van der Waals surface area contributed by atoms with Gasteiger partial charge in [-0.2, -0.15) is 5.10 Å². The number of carbonyl (C=O) groups is 1. The van der Waals surface area contributed by atoms with E-state index in [0.29, 0.717) is 6.61 Å². The Bertz CT molecular complexity index is 944. The fourth-order valence-corrected chi connectivity index (χ4v) is 3.24. The summed E-state index contributed by atoms with van der Waals surface area (Å²) in [6.45, 7) is 4.59. The van der Waals surface area contributed by atoms with Gasteiger partial charge in [-0.3, -0.25) is 4.79 Å². The fraction of sp³-hybridized carbons (Fsp3) is 0.238. The van der Waals surface area contributed by atoms with Crippen LogP contribution in [-0.2, 0) is 16.1 Å². The van der Waals surface area contributed by atoms with Crippen molar-refractivity contribution in [2.24, 2.45) is 0 Å². The summed E-state index contributed by atoms with van der Waals surface area (Å²) in [5, 5.41) is 4.48. The maximum absolute atomic E-state index is 12.4. The number of nitrogens with zero attached hydrogens (tertiary/aromatic N) is 2. The predicted octanol–water partition coefficient (Wildman–Crippen LogP) is 3.71. The third kappa shape index (κ3) is 3.08. The van der Waals surface area contributed by atoms with Crippen LogP contribution in [-0.4, -0.2) is 22.4 Å². The van der Waals surface area contributed by atoms with Crippen molar-refractivity contribution >= 4 is 5.97 Å². The first-order valence-corrected chi connectivity index (χ1v) is 8.63. The number of aryl methyl sites for hydroxylation is 2. The van der Waals surface area contributed by atoms with Crippen LogP contribution in [0, 0.1) is 13.8 Å². The van der Waals surface area contributed by atoms with Crippen LogP contribution in [0.15, 0.2) is 54.6 Å². The molecule has 3 aromatic rings. The Kier molecular flexibility index (Phi) is 4.21. The van der Waals surface area contributed by atoms with Crippen molar-refractivity contribution in [3.05, 3.63) is 77.1 Å². The highest BCUT2D eigenvalue weighted by Gasteiger charge is 2.31. The number of rotatable bonds is 4. The van der Waals surface area contributed by atoms with E-state index in [1.54, 1.807) is 0 Å². The van der Waals surface area contributed by atoms with E-state index >= 15 is 0 Å². The number of benzene rings is 2. The van der Waals surface area contributed by atoms with Crippen LogP contribution in [0.4, 0.5) is 0 Å². The highest BCUT2D eigenvalue weighted by molar-refractivity contribution is 5.80. The summed E-state index contributed by atoms with van der Waals surface area (Å²) in [7, 11) is 0. The van der Waals surface area contributed by atoms with Crippen LogP contribution < -0.4 is 4.74 Å². The smallest absolute Gasteiger partial charge is 0.317 e. The van der Waals surface area contributed by atoms with E-state index in [1.807, 2.05) is 73.1 Å². The molecule has 1 unspecified atom stereocenters. The Morgan fingerprint density at radius 2 is 1.96 bits per heavy atom. The van der Waals surface area contributed by atoms with Crippen molar-refractivity contribution in [2.45, 2.75) is 26.4 Å². The number of hydrogen-bond acceptors (Lipinski definition) is 4. The molecule has 5 nitrogen and oxygen atoms in total. The topological polar surface area (TPSA) is 53.4 Å². The fourth-order valence-electron chi connectivity index (χ4n) is 3.24. The van der Waals surface area contributed by atoms with Crippen molar-refractivity contribution in [1.29, 1.82) is 0 Å². The summed E-state index contributed by atoms with van der Waals surface area (Å²) in [6, 6.07) is 17.5. The average Bonchev–Trinajstić information content (AvgIpc) is 3.23. The highest BCUT2D eigenvalue weighted by Crippen LogP contribution is 2.34. The molecular weight excluding hydrogens is 328 g/mol. The van der Waals surface area contributed by atoms with Gasteiger partial charge >= 0.3 is 5.97 Å². The molecule has 5 heteroatoms. The second-order valence-corrected chi connectivity index (χ2v) is 6.51. The Labute approximate surface area is 152 Å². The third-order valence-corrected chi connectivity index (χ3v) is 4.56. The van der Waals surface area contributed by atoms with E-state index in [1.165, 1.54) is 0 Å². The van der Waals surface area contributed by atoms with Crippen molar-refractivity contribution in [2.75, 3.05) is 6.61 Å². The molecule has 1 atom stereocenters. The third-order valence-electron chi connectivity index (χ3n) is 4.56. The second-order valence-electron chi connectivity index (χ2n) is 6.51. The van der Waals surface area contributed by atoms with Gasteiger partial charge in [0, 0.05) is 11.3 Å². The standard InChI is InChI=1S/C21H20N2O3/c1-14-11-15(2)23(22-14)17-9-7-16(8-10-17)12-26-21(24)19-13-25-20-6-4-3-5-18(19)20/h3-11,19H,12-13H2,1-2H3. The lowest BCUT2D eigenvalue weighted by Gasteiger charge is -2.10. The van der Waals surface area contributed by atoms with E-state index < -0.39 is 0 Å². The van der Waals surface area contributed by atoms with Crippen LogP contribution >= 0.6 is 0 Å². The first-order chi connectivity index (χ1) is 12.6. The zero-order valence-electron chi connectivity index (χ0n) is 14.8. The molecule has 0 bridgehead atoms. The monoisotopic (exact) mass is 348 g/mol. The quantitative estimate of drug-likeness (QED) is 0.675. The molecule has 0 N–H and O–H groups in total. The Balaban J connectivity index is 1.41. The normalized spacial score (nSPS) is 15.4. The van der Waals surface area contributed by atoms with Gasteiger partial charge in [0.05, 0.1) is 11.4 Å². The molecule has 0 spiro atoms. The van der Waals surface area contributed by atoms with E-state index in [2.05, 4.69) is 5.10 Å². The summed E-state index contributed by atoms with van der Waals surface area (Å²) in [5.74, 6) is 0.168. The van der Waals surface area contributed by atoms with Gasteiger partial charge in [0.15, 0.2) is 0 Å². The molecule has 132 valence electrons. The lowest BCUT2D eigenvalue weighted by molar-refractivity contribution is -0.147. The van der Waals surface area contributed by atoms with Crippen molar-refractivity contribution in [3.8, 4) is 11.4 Å². The van der Waals surface area contributed by atoms with Gasteiger partial charge in [-0.25, -0.2) is 4.68 Å². The van der Waals surface area contributed by atoms with Gasteiger partial charge < -0.3 is 9.47 Å². The zero-order chi connectivity index (χ0) is 18.1. The van der Waals surface area contributed by atoms with Crippen LogP contribution in [0.25, 0.3) is 5.69 Å². The number of carbonyl (C=O) groups excluding carboxylic acids is 1. The maximum atomic E-state index is 12.4. The number of ether oxygens (including phenoxy) is 2. The van der Waals surface area contributed by atoms with Crippen LogP contribution in [0.3, 0.4) is 0 Å². The van der Waals surface area contributed by atoms with E-state index in [4.69, 9.17) is 9.47 Å². The molecule has 0 saturated carbocycles. The van der Waals surface area contributed by atoms with E-state index in [9.17, 15) is 4.79 Å². The molecular formula is C21H20N2O3. The van der Waals surface area contributed by atoms with Crippen LogP contribution in [0.5, 0.6) is 5.75 Å². The number of aromatic nitrogens is 2. The molecule has 2 heterocycles. The molecule has 1 aliphatic heterocycles. The largest absolute Gasteiger partial charge is 0.492 e. The summed E-state index contributed by atoms with van der Waals surface area (Å²) < 4.78 is 13.0. The van der Waals surface area contributed by atoms with Crippen LogP contribution in [0.1, 0.15) is 28.4 Å². The molecule has 1 aromatic heterocycles. The van der Waals surface area contributed by atoms with Crippen molar-refractivity contribution in [3.63, 3.8) is 0 Å². The minimum absolute atomic E-state index is 0.245. The highest BCUT2D eigenvalue weighted by atomic mass is 16.5. The van der Waals surface area contributed by atoms with Crippen LogP contribution in [0.2, 0.25) is 0 Å². The number of para-hydroxylation sites is 1. The Hall–Kier alpha value is -3.08. The van der Waals surface area contributed by atoms with Gasteiger partial charge in [0.1, 0.15) is 24.9 Å². The van der Waals surface area contributed by atoms with Gasteiger partial charge in [-0.15, -0.1) is 0 Å². The summed E-state index contributed by atoms with van der Waals surface area (Å²) >= 11 is 0. The number of hydrogen-bond donors (Lipinski definition) is 0. The lowest BCUT2D eigenvalue weighted by atomic mass is 10.0. The first kappa shape index (κ1) is 16.4. The summed E-state index contributed by atoms with van der Waals surface area (Å²) in [6.07, 6.45) is 0. The van der Waals surface area contributed by atoms with Crippen molar-refractivity contribution in [1.82, 2.24) is 9.78 Å². The molecule has 0 amide bonds. The van der Waals surface area contributed by atoms with E-state index in [0.717, 1.165) is 34.0 Å². The summed E-state index contributed by atoms with van der Waals surface area (Å²) in [5.41, 5.74) is 4.90. The first-order valence-electron chi connectivity index (χ1n) is 8.63. The lowest BCUT2D eigenvalue weighted by Crippen LogP contribution is -2.17. The number of fused-ring (bicyclic) bond motifs is 1. The average molecular weight is 348 g/mol. The molecule has 26 heavy (non-hydrogen) atoms. The molecule has 1 aliphatic rings. The summed E-state index contributed by atoms with van der Waals surface area (Å²) in [4.78, 5) is 12.4. The molecule has 2 aromatic carbocycles. The predicted molar refractivity (Wildman–Crippen MR) is 97.5 cm³/mol. The molecule has 0 aliphatic carbocycles.